The molecule has 3 unspecified atom stereocenters. The maximum atomic E-state index is 5.91. The Morgan fingerprint density at radius 3 is 2.24 bits per heavy atom. The van der Waals surface area contributed by atoms with Crippen molar-refractivity contribution < 1.29 is 14.2 Å². The van der Waals surface area contributed by atoms with Crippen LogP contribution in [-0.4, -0.2) is 50.5 Å². The van der Waals surface area contributed by atoms with E-state index >= 15 is 0 Å². The van der Waals surface area contributed by atoms with Crippen molar-refractivity contribution in [2.75, 3.05) is 37.8 Å². The summed E-state index contributed by atoms with van der Waals surface area (Å²) >= 11 is 5.91. The molecule has 0 radical (unpaired) electrons. The van der Waals surface area contributed by atoms with Gasteiger partial charge in [-0.2, -0.15) is 0 Å². The topological polar surface area (TPSA) is 37.5 Å². The summed E-state index contributed by atoms with van der Waals surface area (Å²) in [5, 5.41) is 0.150. The van der Waals surface area contributed by atoms with Crippen LogP contribution < -0.4 is 9.64 Å². The van der Waals surface area contributed by atoms with Gasteiger partial charge in [-0.15, -0.1) is 11.6 Å². The number of benzene rings is 1. The summed E-state index contributed by atoms with van der Waals surface area (Å²) in [4.78, 5) is 2.33. The molecule has 5 heteroatoms. The normalized spacial score (nSPS) is 24.5. The highest BCUT2D eigenvalue weighted by atomic mass is 35.5. The van der Waals surface area contributed by atoms with Crippen LogP contribution in [0.15, 0.2) is 24.3 Å². The highest BCUT2D eigenvalue weighted by molar-refractivity contribution is 6.20. The van der Waals surface area contributed by atoms with Gasteiger partial charge in [0.15, 0.2) is 0 Å². The molecule has 2 heterocycles. The van der Waals surface area contributed by atoms with Crippen LogP contribution in [0, 0.1) is 0 Å². The van der Waals surface area contributed by atoms with Crippen molar-refractivity contribution in [1.82, 2.24) is 0 Å². The van der Waals surface area contributed by atoms with Gasteiger partial charge in [-0.3, -0.25) is 0 Å². The highest BCUT2D eigenvalue weighted by Crippen LogP contribution is 2.24. The molecule has 2 saturated heterocycles. The number of rotatable bonds is 9. The van der Waals surface area contributed by atoms with Crippen LogP contribution in [-0.2, 0) is 9.47 Å². The van der Waals surface area contributed by atoms with Crippen molar-refractivity contribution in [3.05, 3.63) is 24.3 Å². The van der Waals surface area contributed by atoms with Crippen molar-refractivity contribution in [3.63, 3.8) is 0 Å². The zero-order valence-corrected chi connectivity index (χ0v) is 13.1. The minimum absolute atomic E-state index is 0.150. The maximum Gasteiger partial charge on any atom is 0.119 e. The fraction of sp³-hybridized carbons (Fsp3) is 0.625. The van der Waals surface area contributed by atoms with Gasteiger partial charge in [-0.25, -0.2) is 0 Å². The van der Waals surface area contributed by atoms with E-state index in [2.05, 4.69) is 17.0 Å². The Morgan fingerprint density at radius 1 is 1.19 bits per heavy atom. The average molecular weight is 312 g/mol. The summed E-state index contributed by atoms with van der Waals surface area (Å²) < 4.78 is 16.4. The maximum absolute atomic E-state index is 5.91. The monoisotopic (exact) mass is 311 g/mol. The van der Waals surface area contributed by atoms with Gasteiger partial charge in [0.25, 0.3) is 0 Å². The van der Waals surface area contributed by atoms with E-state index in [-0.39, 0.29) is 5.38 Å². The Kier molecular flexibility index (Phi) is 4.88. The third-order valence-electron chi connectivity index (χ3n) is 3.64. The Hall–Kier alpha value is -0.970. The number of hydrogen-bond acceptors (Lipinski definition) is 4. The molecule has 21 heavy (non-hydrogen) atoms. The lowest BCUT2D eigenvalue weighted by Gasteiger charge is -2.23. The van der Waals surface area contributed by atoms with E-state index in [4.69, 9.17) is 25.8 Å². The molecule has 0 amide bonds. The summed E-state index contributed by atoms with van der Waals surface area (Å²) in [6.45, 7) is 6.25. The number of halogens is 1. The summed E-state index contributed by atoms with van der Waals surface area (Å²) in [6, 6.07) is 8.24. The molecular formula is C16H22ClNO3. The van der Waals surface area contributed by atoms with Crippen molar-refractivity contribution in [1.29, 1.82) is 0 Å². The van der Waals surface area contributed by atoms with E-state index in [0.29, 0.717) is 18.8 Å². The quantitative estimate of drug-likeness (QED) is 0.519. The first kappa shape index (κ1) is 14.9. The summed E-state index contributed by atoms with van der Waals surface area (Å²) in [6.07, 6.45) is 1.61. The molecule has 3 atom stereocenters. The number of alkyl halides is 1. The van der Waals surface area contributed by atoms with Crippen LogP contribution in [0.5, 0.6) is 5.75 Å². The zero-order valence-electron chi connectivity index (χ0n) is 12.3. The molecule has 0 aromatic heterocycles. The predicted molar refractivity (Wildman–Crippen MR) is 83.6 cm³/mol. The van der Waals surface area contributed by atoms with Crippen LogP contribution in [0.3, 0.4) is 0 Å². The van der Waals surface area contributed by atoms with Gasteiger partial charge < -0.3 is 19.1 Å². The first-order valence-electron chi connectivity index (χ1n) is 7.56. The SMILES string of the molecule is CC(Cl)CCOc1ccc(N(CC2CO2)CC2CO2)cc1. The van der Waals surface area contributed by atoms with E-state index < -0.39 is 0 Å². The van der Waals surface area contributed by atoms with Crippen LogP contribution in [0.25, 0.3) is 0 Å². The Morgan fingerprint density at radius 2 is 1.76 bits per heavy atom. The lowest BCUT2D eigenvalue weighted by Crippen LogP contribution is -2.31. The number of hydrogen-bond donors (Lipinski definition) is 0. The summed E-state index contributed by atoms with van der Waals surface area (Å²) in [5.41, 5.74) is 1.19. The molecule has 0 saturated carbocycles. The van der Waals surface area contributed by atoms with E-state index in [1.54, 1.807) is 0 Å². The second kappa shape index (κ2) is 6.86. The van der Waals surface area contributed by atoms with Crippen molar-refractivity contribution >= 4 is 17.3 Å². The molecule has 4 nitrogen and oxygen atoms in total. The molecule has 0 aliphatic carbocycles. The minimum Gasteiger partial charge on any atom is -0.494 e. The minimum atomic E-state index is 0.150. The lowest BCUT2D eigenvalue weighted by molar-refractivity contribution is 0.310. The molecule has 2 aliphatic heterocycles. The number of anilines is 1. The molecule has 0 N–H and O–H groups in total. The molecule has 1 aromatic rings. The molecule has 2 fully saturated rings. The molecular weight excluding hydrogens is 290 g/mol. The van der Waals surface area contributed by atoms with Crippen molar-refractivity contribution in [2.45, 2.75) is 30.9 Å². The number of nitrogens with zero attached hydrogens (tertiary/aromatic N) is 1. The highest BCUT2D eigenvalue weighted by Gasteiger charge is 2.30. The second-order valence-corrected chi connectivity index (χ2v) is 6.47. The van der Waals surface area contributed by atoms with E-state index in [0.717, 1.165) is 38.5 Å². The van der Waals surface area contributed by atoms with Gasteiger partial charge >= 0.3 is 0 Å². The van der Waals surface area contributed by atoms with Crippen LogP contribution >= 0.6 is 11.6 Å². The Bertz CT molecular complexity index is 429. The molecule has 0 bridgehead atoms. The van der Waals surface area contributed by atoms with E-state index in [1.807, 2.05) is 19.1 Å². The average Bonchev–Trinajstić information content (AvgIpc) is 3.34. The van der Waals surface area contributed by atoms with Crippen LogP contribution in [0.4, 0.5) is 5.69 Å². The van der Waals surface area contributed by atoms with Gasteiger partial charge in [-0.1, -0.05) is 0 Å². The predicted octanol–water partition coefficient (Wildman–Crippen LogP) is 2.69. The first-order valence-corrected chi connectivity index (χ1v) is 7.99. The zero-order chi connectivity index (χ0) is 14.7. The molecule has 1 aromatic carbocycles. The standard InChI is InChI=1S/C16H22ClNO3/c1-12(17)6-7-19-14-4-2-13(3-5-14)18(8-15-10-20-15)9-16-11-21-16/h2-5,12,15-16H,6-11H2,1H3. The van der Waals surface area contributed by atoms with Gasteiger partial charge in [0.2, 0.25) is 0 Å². The summed E-state index contributed by atoms with van der Waals surface area (Å²) in [5.74, 6) is 0.890. The molecule has 3 rings (SSSR count). The Balaban J connectivity index is 1.54. The summed E-state index contributed by atoms with van der Waals surface area (Å²) in [7, 11) is 0. The Labute approximate surface area is 130 Å². The largest absolute Gasteiger partial charge is 0.494 e. The second-order valence-electron chi connectivity index (χ2n) is 5.73. The van der Waals surface area contributed by atoms with Crippen LogP contribution in [0.2, 0.25) is 0 Å². The third-order valence-corrected chi connectivity index (χ3v) is 3.86. The van der Waals surface area contributed by atoms with E-state index in [1.165, 1.54) is 5.69 Å². The number of epoxide rings is 2. The van der Waals surface area contributed by atoms with Gasteiger partial charge in [0.05, 0.1) is 32.0 Å². The number of ether oxygens (including phenoxy) is 3. The van der Waals surface area contributed by atoms with E-state index in [9.17, 15) is 0 Å². The van der Waals surface area contributed by atoms with Gasteiger partial charge in [-0.05, 0) is 37.6 Å². The third kappa shape index (κ3) is 5.06. The first-order chi connectivity index (χ1) is 10.2. The molecule has 116 valence electrons. The fourth-order valence-electron chi connectivity index (χ4n) is 2.22. The van der Waals surface area contributed by atoms with Crippen molar-refractivity contribution in [2.24, 2.45) is 0 Å². The lowest BCUT2D eigenvalue weighted by atomic mass is 10.2. The van der Waals surface area contributed by atoms with Gasteiger partial charge in [0, 0.05) is 24.2 Å². The molecule has 0 spiro atoms. The smallest absolute Gasteiger partial charge is 0.119 e. The van der Waals surface area contributed by atoms with Crippen molar-refractivity contribution in [3.8, 4) is 5.75 Å². The van der Waals surface area contributed by atoms with Crippen LogP contribution in [0.1, 0.15) is 13.3 Å². The molecule has 2 aliphatic rings. The van der Waals surface area contributed by atoms with Gasteiger partial charge in [0.1, 0.15) is 5.75 Å². The fourth-order valence-corrected chi connectivity index (χ4v) is 2.31.